The van der Waals surface area contributed by atoms with Crippen LogP contribution < -0.4 is 4.57 Å². The van der Waals surface area contributed by atoms with Crippen LogP contribution in [0.15, 0.2) is 103 Å². The Hall–Kier alpha value is -3.55. The molecule has 160 valence electrons. The maximum absolute atomic E-state index is 4.52. The van der Waals surface area contributed by atoms with Gasteiger partial charge >= 0.3 is 21.1 Å². The van der Waals surface area contributed by atoms with Crippen LogP contribution in [0.2, 0.25) is 0 Å². The van der Waals surface area contributed by atoms with E-state index >= 15 is 0 Å². The fourth-order valence-corrected chi connectivity index (χ4v) is 4.35. The van der Waals surface area contributed by atoms with Crippen molar-refractivity contribution in [3.63, 3.8) is 0 Å². The quantitative estimate of drug-likeness (QED) is 0.181. The monoisotopic (exact) mass is 605 g/mol. The second-order valence-corrected chi connectivity index (χ2v) is 7.85. The summed E-state index contributed by atoms with van der Waals surface area (Å²) >= 11 is 0. The van der Waals surface area contributed by atoms with Crippen molar-refractivity contribution >= 4 is 21.8 Å². The van der Waals surface area contributed by atoms with E-state index in [1.165, 1.54) is 10.8 Å². The van der Waals surface area contributed by atoms with Gasteiger partial charge in [-0.05, 0) is 40.5 Å². The molecule has 6 aromatic rings. The van der Waals surface area contributed by atoms with E-state index in [0.29, 0.717) is 0 Å². The summed E-state index contributed by atoms with van der Waals surface area (Å²) in [5.74, 6) is 0. The van der Waals surface area contributed by atoms with Crippen molar-refractivity contribution in [2.75, 3.05) is 0 Å². The Kier molecular flexibility index (Phi) is 5.66. The summed E-state index contributed by atoms with van der Waals surface area (Å²) in [6.45, 7) is 0. The molecule has 33 heavy (non-hydrogen) atoms. The van der Waals surface area contributed by atoms with E-state index in [-0.39, 0.29) is 21.1 Å². The third-order valence-electron chi connectivity index (χ3n) is 5.88. The zero-order chi connectivity index (χ0) is 21.5. The number of benzene rings is 3. The van der Waals surface area contributed by atoms with E-state index in [0.717, 1.165) is 39.2 Å². The van der Waals surface area contributed by atoms with Crippen LogP contribution in [-0.4, -0.2) is 9.55 Å². The Bertz CT molecular complexity index is 1590. The Morgan fingerprint density at radius 2 is 1.58 bits per heavy atom. The molecule has 0 radical (unpaired) electrons. The molecule has 0 spiro atoms. The number of rotatable bonds is 3. The van der Waals surface area contributed by atoms with Gasteiger partial charge in [0.1, 0.15) is 12.7 Å². The number of hydrogen-bond acceptors (Lipinski definition) is 1. The van der Waals surface area contributed by atoms with Crippen molar-refractivity contribution in [2.24, 2.45) is 7.05 Å². The summed E-state index contributed by atoms with van der Waals surface area (Å²) < 4.78 is 4.37. The van der Waals surface area contributed by atoms with Crippen LogP contribution in [-0.2, 0) is 28.1 Å². The van der Waals surface area contributed by atoms with Gasteiger partial charge in [0.2, 0.25) is 0 Å². The second kappa shape index (κ2) is 8.77. The van der Waals surface area contributed by atoms with Gasteiger partial charge in [-0.25, -0.2) is 4.57 Å². The summed E-state index contributed by atoms with van der Waals surface area (Å²) in [4.78, 5) is 4.52. The van der Waals surface area contributed by atoms with E-state index < -0.39 is 0 Å². The molecular weight excluding hydrogens is 585 g/mol. The maximum atomic E-state index is 4.52. The van der Waals surface area contributed by atoms with Gasteiger partial charge in [0.15, 0.2) is 6.20 Å². The molecule has 0 saturated heterocycles. The molecule has 0 aliphatic rings. The van der Waals surface area contributed by atoms with Crippen LogP contribution in [0.4, 0.5) is 0 Å². The van der Waals surface area contributed by atoms with Crippen LogP contribution >= 0.6 is 0 Å². The van der Waals surface area contributed by atoms with Crippen LogP contribution in [0, 0.1) is 12.1 Å². The van der Waals surface area contributed by atoms with E-state index in [1.54, 1.807) is 0 Å². The SMILES string of the molecule is C[n+]1ccccc1-c1[c-]c(-n2c3[c-]c(-c4ccccn4)ccc3c3ccccc32)ccc1.[Pt+2]. The van der Waals surface area contributed by atoms with Gasteiger partial charge in [-0.2, -0.15) is 0 Å². The zero-order valence-electron chi connectivity index (χ0n) is 18.0. The first-order chi connectivity index (χ1) is 15.8. The van der Waals surface area contributed by atoms with Gasteiger partial charge < -0.3 is 9.55 Å². The summed E-state index contributed by atoms with van der Waals surface area (Å²) in [5.41, 5.74) is 7.23. The van der Waals surface area contributed by atoms with Crippen molar-refractivity contribution in [3.8, 4) is 28.2 Å². The number of pyridine rings is 2. The molecular formula is C29H20N3Pt+. The number of nitrogens with zero attached hydrogens (tertiary/aromatic N) is 3. The Morgan fingerprint density at radius 3 is 2.42 bits per heavy atom. The largest absolute Gasteiger partial charge is 2.00 e. The van der Waals surface area contributed by atoms with Crippen molar-refractivity contribution < 1.29 is 25.6 Å². The average molecular weight is 606 g/mol. The first-order valence-electron chi connectivity index (χ1n) is 10.6. The topological polar surface area (TPSA) is 21.7 Å². The predicted molar refractivity (Wildman–Crippen MR) is 128 cm³/mol. The van der Waals surface area contributed by atoms with E-state index in [1.807, 2.05) is 30.5 Å². The molecule has 3 nitrogen and oxygen atoms in total. The first kappa shape index (κ1) is 21.3. The third kappa shape index (κ3) is 3.69. The molecule has 3 aromatic carbocycles. The number of hydrogen-bond donors (Lipinski definition) is 0. The molecule has 3 heterocycles. The van der Waals surface area contributed by atoms with Crippen molar-refractivity contribution in [3.05, 3.63) is 116 Å². The number of para-hydroxylation sites is 1. The van der Waals surface area contributed by atoms with E-state index in [9.17, 15) is 0 Å². The Labute approximate surface area is 207 Å². The molecule has 0 aliphatic heterocycles. The van der Waals surface area contributed by atoms with Crippen LogP contribution in [0.1, 0.15) is 0 Å². The fraction of sp³-hybridized carbons (Fsp3) is 0.0345. The molecule has 0 fully saturated rings. The third-order valence-corrected chi connectivity index (χ3v) is 5.88. The Morgan fingerprint density at radius 1 is 0.727 bits per heavy atom. The number of fused-ring (bicyclic) bond motifs is 3. The smallest absolute Gasteiger partial charge is 0.346 e. The van der Waals surface area contributed by atoms with E-state index in [4.69, 9.17) is 0 Å². The number of aryl methyl sites for hydroxylation is 1. The maximum Gasteiger partial charge on any atom is 2.00 e. The zero-order valence-corrected chi connectivity index (χ0v) is 20.2. The summed E-state index contributed by atoms with van der Waals surface area (Å²) in [6.07, 6.45) is 3.88. The van der Waals surface area contributed by atoms with Gasteiger partial charge in [0, 0.05) is 17.8 Å². The normalized spacial score (nSPS) is 10.9. The minimum absolute atomic E-state index is 0. The molecule has 0 saturated carbocycles. The molecule has 0 N–H and O–H groups in total. The van der Waals surface area contributed by atoms with Crippen molar-refractivity contribution in [2.45, 2.75) is 0 Å². The Balaban J connectivity index is 0.00000228. The molecule has 0 bridgehead atoms. The first-order valence-corrected chi connectivity index (χ1v) is 10.6. The second-order valence-electron chi connectivity index (χ2n) is 7.85. The molecule has 0 amide bonds. The standard InChI is InChI=1S/C29H20N3.Pt/c1-31-18-7-5-13-27(31)22-9-8-10-23(19-22)32-28-14-3-2-11-24(28)25-16-15-21(20-29(25)32)26-12-4-6-17-30-26;/h2-18H,1H3;/q-1;+2. The molecule has 0 aliphatic carbocycles. The van der Waals surface area contributed by atoms with Crippen LogP contribution in [0.3, 0.4) is 0 Å². The van der Waals surface area contributed by atoms with Crippen LogP contribution in [0.5, 0.6) is 0 Å². The molecule has 4 heteroatoms. The van der Waals surface area contributed by atoms with Crippen molar-refractivity contribution in [1.82, 2.24) is 9.55 Å². The summed E-state index contributed by atoms with van der Waals surface area (Å²) in [7, 11) is 2.06. The molecule has 3 aromatic heterocycles. The van der Waals surface area contributed by atoms with E-state index in [2.05, 4.69) is 106 Å². The average Bonchev–Trinajstić information content (AvgIpc) is 3.19. The molecule has 0 atom stereocenters. The minimum atomic E-state index is 0. The van der Waals surface area contributed by atoms with Crippen molar-refractivity contribution in [1.29, 1.82) is 0 Å². The minimum Gasteiger partial charge on any atom is -0.346 e. The van der Waals surface area contributed by atoms with Gasteiger partial charge in [-0.1, -0.05) is 47.3 Å². The number of aromatic nitrogens is 3. The summed E-state index contributed by atoms with van der Waals surface area (Å²) in [6, 6.07) is 38.6. The van der Waals surface area contributed by atoms with Crippen LogP contribution in [0.25, 0.3) is 50.0 Å². The van der Waals surface area contributed by atoms with Gasteiger partial charge in [0.25, 0.3) is 0 Å². The van der Waals surface area contributed by atoms with Gasteiger partial charge in [-0.15, -0.1) is 48.0 Å². The fourth-order valence-electron chi connectivity index (χ4n) is 4.35. The van der Waals surface area contributed by atoms with Gasteiger partial charge in [0.05, 0.1) is 0 Å². The molecule has 6 rings (SSSR count). The summed E-state index contributed by atoms with van der Waals surface area (Å²) in [5, 5.41) is 2.37. The molecule has 0 unspecified atom stereocenters. The predicted octanol–water partition coefficient (Wildman–Crippen LogP) is 5.94. The van der Waals surface area contributed by atoms with Gasteiger partial charge in [-0.3, -0.25) is 0 Å².